The van der Waals surface area contributed by atoms with Crippen molar-refractivity contribution in [2.24, 2.45) is 5.92 Å². The number of carbonyl (C=O) groups excluding carboxylic acids is 1. The molecule has 1 aliphatic rings. The van der Waals surface area contributed by atoms with Crippen LogP contribution in [0.25, 0.3) is 0 Å². The third-order valence-electron chi connectivity index (χ3n) is 4.17. The summed E-state index contributed by atoms with van der Waals surface area (Å²) in [6, 6.07) is 6.05. The second kappa shape index (κ2) is 7.20. The average molecular weight is 308 g/mol. The number of carbonyl (C=O) groups is 1. The Morgan fingerprint density at radius 1 is 1.50 bits per heavy atom. The first kappa shape index (κ1) is 16.9. The molecule has 1 aromatic rings. The van der Waals surface area contributed by atoms with E-state index >= 15 is 0 Å². The molecular weight excluding hydrogens is 283 g/mol. The maximum atomic E-state index is 13.2. The molecule has 2 rings (SSSR count). The molecule has 0 aliphatic carbocycles. The van der Waals surface area contributed by atoms with Crippen molar-refractivity contribution < 1.29 is 14.3 Å². The molecule has 1 amide bonds. The van der Waals surface area contributed by atoms with Crippen LogP contribution in [0.4, 0.5) is 4.39 Å². The Morgan fingerprint density at radius 3 is 2.91 bits per heavy atom. The normalized spacial score (nSPS) is 20.5. The topological polar surface area (TPSA) is 61.4 Å². The van der Waals surface area contributed by atoms with Crippen LogP contribution in [-0.4, -0.2) is 29.6 Å². The van der Waals surface area contributed by atoms with Gasteiger partial charge in [-0.25, -0.2) is 4.39 Å². The summed E-state index contributed by atoms with van der Waals surface area (Å²) < 4.78 is 13.2. The smallest absolute Gasteiger partial charge is 0.220 e. The van der Waals surface area contributed by atoms with Crippen LogP contribution in [0.1, 0.15) is 44.8 Å². The van der Waals surface area contributed by atoms with E-state index in [0.29, 0.717) is 24.4 Å². The van der Waals surface area contributed by atoms with Crippen LogP contribution < -0.4 is 10.6 Å². The van der Waals surface area contributed by atoms with Crippen LogP contribution in [0, 0.1) is 11.7 Å². The van der Waals surface area contributed by atoms with Gasteiger partial charge in [0.05, 0.1) is 6.10 Å². The average Bonchev–Trinajstić information content (AvgIpc) is 2.47. The zero-order chi connectivity index (χ0) is 16.2. The fraction of sp³-hybridized carbons (Fsp3) is 0.588. The maximum absolute atomic E-state index is 13.2. The highest BCUT2D eigenvalue weighted by atomic mass is 19.1. The minimum Gasteiger partial charge on any atom is -0.387 e. The van der Waals surface area contributed by atoms with Crippen LogP contribution >= 0.6 is 0 Å². The number of aliphatic hydroxyl groups excluding tert-OH is 1. The third kappa shape index (κ3) is 5.07. The highest BCUT2D eigenvalue weighted by Crippen LogP contribution is 2.23. The van der Waals surface area contributed by atoms with Crippen LogP contribution in [0.3, 0.4) is 0 Å². The van der Waals surface area contributed by atoms with Crippen molar-refractivity contribution in [3.63, 3.8) is 0 Å². The number of aliphatic hydroxyl groups is 1. The van der Waals surface area contributed by atoms with E-state index in [1.165, 1.54) is 12.1 Å². The van der Waals surface area contributed by atoms with Gasteiger partial charge >= 0.3 is 0 Å². The predicted octanol–water partition coefficient (Wildman–Crippen LogP) is 2.14. The van der Waals surface area contributed by atoms with Gasteiger partial charge in [-0.3, -0.25) is 4.79 Å². The Bertz CT molecular complexity index is 509. The summed E-state index contributed by atoms with van der Waals surface area (Å²) in [7, 11) is 0. The van der Waals surface area contributed by atoms with Gasteiger partial charge in [0.1, 0.15) is 5.82 Å². The van der Waals surface area contributed by atoms with Crippen molar-refractivity contribution in [3.8, 4) is 0 Å². The summed E-state index contributed by atoms with van der Waals surface area (Å²) in [5.41, 5.74) is 0.425. The molecular formula is C17H25FN2O2. The summed E-state index contributed by atoms with van der Waals surface area (Å²) >= 11 is 0. The highest BCUT2D eigenvalue weighted by molar-refractivity contribution is 5.76. The Morgan fingerprint density at radius 2 is 2.27 bits per heavy atom. The monoisotopic (exact) mass is 308 g/mol. The van der Waals surface area contributed by atoms with Crippen molar-refractivity contribution in [1.82, 2.24) is 10.6 Å². The van der Waals surface area contributed by atoms with Gasteiger partial charge < -0.3 is 15.7 Å². The zero-order valence-electron chi connectivity index (χ0n) is 13.2. The molecule has 1 fully saturated rings. The van der Waals surface area contributed by atoms with E-state index in [2.05, 4.69) is 24.5 Å². The first-order valence-corrected chi connectivity index (χ1v) is 7.81. The van der Waals surface area contributed by atoms with Crippen LogP contribution in [0.15, 0.2) is 24.3 Å². The molecule has 1 aliphatic heterocycles. The van der Waals surface area contributed by atoms with Crippen molar-refractivity contribution in [2.45, 2.75) is 44.8 Å². The molecule has 1 aromatic carbocycles. The molecule has 0 spiro atoms. The molecule has 0 bridgehead atoms. The first-order chi connectivity index (χ1) is 10.4. The van der Waals surface area contributed by atoms with Gasteiger partial charge in [-0.05, 0) is 50.3 Å². The number of amides is 1. The molecule has 0 aromatic heterocycles. The SMILES string of the molecule is CC(C)(C[C@@H]1CCC(=O)NC1)NC[C@H](O)c1cccc(F)c1. The summed E-state index contributed by atoms with van der Waals surface area (Å²) in [6.45, 7) is 5.26. The molecule has 0 radical (unpaired) electrons. The van der Waals surface area contributed by atoms with Crippen LogP contribution in [0.5, 0.6) is 0 Å². The quantitative estimate of drug-likeness (QED) is 0.754. The van der Waals surface area contributed by atoms with Crippen molar-refractivity contribution in [3.05, 3.63) is 35.6 Å². The number of halogens is 1. The van der Waals surface area contributed by atoms with Crippen molar-refractivity contribution in [1.29, 1.82) is 0 Å². The first-order valence-electron chi connectivity index (χ1n) is 7.81. The molecule has 0 unspecified atom stereocenters. The van der Waals surface area contributed by atoms with Crippen molar-refractivity contribution in [2.75, 3.05) is 13.1 Å². The fourth-order valence-electron chi connectivity index (χ4n) is 2.96. The molecule has 122 valence electrons. The highest BCUT2D eigenvalue weighted by Gasteiger charge is 2.26. The van der Waals surface area contributed by atoms with Crippen LogP contribution in [-0.2, 0) is 4.79 Å². The van der Waals surface area contributed by atoms with E-state index in [1.807, 2.05) is 0 Å². The largest absolute Gasteiger partial charge is 0.387 e. The van der Waals surface area contributed by atoms with E-state index in [-0.39, 0.29) is 17.3 Å². The predicted molar refractivity (Wildman–Crippen MR) is 83.8 cm³/mol. The van der Waals surface area contributed by atoms with Gasteiger partial charge in [-0.15, -0.1) is 0 Å². The minimum absolute atomic E-state index is 0.128. The Balaban J connectivity index is 1.82. The second-order valence-electron chi connectivity index (χ2n) is 6.75. The molecule has 4 nitrogen and oxygen atoms in total. The Hall–Kier alpha value is -1.46. The van der Waals surface area contributed by atoms with Crippen molar-refractivity contribution >= 4 is 5.91 Å². The lowest BCUT2D eigenvalue weighted by Crippen LogP contribution is -2.46. The van der Waals surface area contributed by atoms with Gasteiger partial charge in [-0.1, -0.05) is 12.1 Å². The standard InChI is InChI=1S/C17H25FN2O2/c1-17(2,9-12-6-7-16(22)19-10-12)20-11-15(21)13-4-3-5-14(18)8-13/h3-5,8,12,15,20-21H,6-7,9-11H2,1-2H3,(H,19,22)/t12-,15-/m0/s1. The lowest BCUT2D eigenvalue weighted by atomic mass is 9.85. The van der Waals surface area contributed by atoms with Gasteiger partial charge in [0.2, 0.25) is 5.91 Å². The van der Waals surface area contributed by atoms with Gasteiger partial charge in [0.15, 0.2) is 0 Å². The van der Waals surface area contributed by atoms with E-state index in [0.717, 1.165) is 19.4 Å². The Labute approximate surface area is 131 Å². The van der Waals surface area contributed by atoms with E-state index in [1.54, 1.807) is 12.1 Å². The molecule has 22 heavy (non-hydrogen) atoms. The number of nitrogens with one attached hydrogen (secondary N) is 2. The molecule has 0 saturated carbocycles. The number of benzene rings is 1. The fourth-order valence-corrected chi connectivity index (χ4v) is 2.96. The van der Waals surface area contributed by atoms with Gasteiger partial charge in [-0.2, -0.15) is 0 Å². The van der Waals surface area contributed by atoms with E-state index in [9.17, 15) is 14.3 Å². The maximum Gasteiger partial charge on any atom is 0.220 e. The van der Waals surface area contributed by atoms with Gasteiger partial charge in [0, 0.05) is 25.0 Å². The van der Waals surface area contributed by atoms with Crippen LogP contribution in [0.2, 0.25) is 0 Å². The van der Waals surface area contributed by atoms with Gasteiger partial charge in [0.25, 0.3) is 0 Å². The molecule has 1 heterocycles. The summed E-state index contributed by atoms with van der Waals surface area (Å²) in [6.07, 6.45) is 1.68. The lowest BCUT2D eigenvalue weighted by molar-refractivity contribution is -0.123. The summed E-state index contributed by atoms with van der Waals surface area (Å²) in [5.74, 6) is 0.240. The molecule has 2 atom stereocenters. The Kier molecular flexibility index (Phi) is 5.53. The number of piperidine rings is 1. The van der Waals surface area contributed by atoms with E-state index < -0.39 is 6.10 Å². The molecule has 3 N–H and O–H groups in total. The number of hydrogen-bond acceptors (Lipinski definition) is 3. The zero-order valence-corrected chi connectivity index (χ0v) is 13.2. The number of rotatable bonds is 6. The number of β-amino-alcohol motifs (C(OH)–C–C–N with tert-alkyl or cyclic N) is 1. The minimum atomic E-state index is -0.735. The summed E-state index contributed by atoms with van der Waals surface area (Å²) in [5, 5.41) is 16.4. The number of hydrogen-bond donors (Lipinski definition) is 3. The lowest BCUT2D eigenvalue weighted by Gasteiger charge is -2.33. The molecule has 1 saturated heterocycles. The second-order valence-corrected chi connectivity index (χ2v) is 6.75. The van der Waals surface area contributed by atoms with E-state index in [4.69, 9.17) is 0 Å². The third-order valence-corrected chi connectivity index (χ3v) is 4.17. The summed E-state index contributed by atoms with van der Waals surface area (Å²) in [4.78, 5) is 11.2. The molecule has 5 heteroatoms.